The predicted molar refractivity (Wildman–Crippen MR) is 114 cm³/mol. The van der Waals surface area contributed by atoms with Gasteiger partial charge in [-0.05, 0) is 53.1 Å². The van der Waals surface area contributed by atoms with Gasteiger partial charge in [-0.2, -0.15) is 0 Å². The van der Waals surface area contributed by atoms with Crippen molar-refractivity contribution in [2.24, 2.45) is 5.92 Å². The number of hydrogen-bond acceptors (Lipinski definition) is 3. The highest BCUT2D eigenvalue weighted by atomic mass is 32.2. The van der Waals surface area contributed by atoms with Crippen LogP contribution in [-0.2, 0) is 22.9 Å². The molecule has 0 spiro atoms. The number of benzene rings is 3. The second-order valence-corrected chi connectivity index (χ2v) is 9.12. The van der Waals surface area contributed by atoms with E-state index in [1.807, 2.05) is 54.6 Å². The van der Waals surface area contributed by atoms with Crippen molar-refractivity contribution in [2.45, 2.75) is 12.8 Å². The summed E-state index contributed by atoms with van der Waals surface area (Å²) in [6, 6.07) is 22.1. The van der Waals surface area contributed by atoms with Crippen LogP contribution >= 0.6 is 0 Å². The number of anilines is 1. The third kappa shape index (κ3) is 4.32. The molecule has 3 aromatic carbocycles. The monoisotopic (exact) mass is 407 g/mol. The number of rotatable bonds is 6. The second-order valence-electron chi connectivity index (χ2n) is 7.36. The molecule has 2 N–H and O–H groups in total. The number of fused-ring (bicyclic) bond motifs is 1. The van der Waals surface area contributed by atoms with E-state index in [4.69, 9.17) is 0 Å². The van der Waals surface area contributed by atoms with Crippen molar-refractivity contribution in [2.75, 3.05) is 10.5 Å². The Kier molecular flexibility index (Phi) is 5.11. The van der Waals surface area contributed by atoms with Gasteiger partial charge in [-0.3, -0.25) is 4.72 Å². The van der Waals surface area contributed by atoms with E-state index >= 15 is 0 Å². The van der Waals surface area contributed by atoms with E-state index in [0.717, 1.165) is 11.1 Å². The lowest BCUT2D eigenvalue weighted by Gasteiger charge is -2.15. The van der Waals surface area contributed by atoms with Crippen molar-refractivity contribution in [3.8, 4) is 11.1 Å². The van der Waals surface area contributed by atoms with E-state index < -0.39 is 16.0 Å². The maximum absolute atomic E-state index is 12.8. The van der Waals surface area contributed by atoms with Crippen LogP contribution in [0.25, 0.3) is 11.1 Å². The van der Waals surface area contributed by atoms with E-state index in [9.17, 15) is 18.3 Å². The molecule has 1 aliphatic carbocycles. The smallest absolute Gasteiger partial charge is 0.337 e. The standard InChI is InChI=1S/C23H21NO4S/c25-23(26)21-11-10-20(17-6-2-1-3-7-17)14-22(21)24-29(27,28)15-16-12-18-8-4-5-9-19(18)13-16/h1-11,14,16,24H,12-13,15H2,(H,25,26). The molecular formula is C23H21NO4S. The van der Waals surface area contributed by atoms with E-state index in [0.29, 0.717) is 12.8 Å². The molecular weight excluding hydrogens is 386 g/mol. The Morgan fingerprint density at radius 3 is 2.14 bits per heavy atom. The Labute approximate surface area is 170 Å². The molecule has 0 amide bonds. The minimum atomic E-state index is -3.70. The highest BCUT2D eigenvalue weighted by molar-refractivity contribution is 7.92. The first-order valence-electron chi connectivity index (χ1n) is 9.41. The average Bonchev–Trinajstić information content (AvgIpc) is 3.09. The molecule has 5 nitrogen and oxygen atoms in total. The molecule has 0 fully saturated rings. The maximum atomic E-state index is 12.8. The topological polar surface area (TPSA) is 83.5 Å². The Hall–Kier alpha value is -3.12. The molecule has 4 rings (SSSR count). The zero-order valence-electron chi connectivity index (χ0n) is 15.7. The third-order valence-electron chi connectivity index (χ3n) is 5.21. The Morgan fingerprint density at radius 2 is 1.52 bits per heavy atom. The number of carboxylic acid groups (broad SMARTS) is 1. The van der Waals surface area contributed by atoms with E-state index in [1.54, 1.807) is 12.1 Å². The molecule has 1 aliphatic rings. The first kappa shape index (κ1) is 19.2. The molecule has 29 heavy (non-hydrogen) atoms. The summed E-state index contributed by atoms with van der Waals surface area (Å²) in [6.45, 7) is 0. The highest BCUT2D eigenvalue weighted by Crippen LogP contribution is 2.30. The second kappa shape index (κ2) is 7.72. The number of carbonyl (C=O) groups is 1. The summed E-state index contributed by atoms with van der Waals surface area (Å²) in [5, 5.41) is 9.49. The molecule has 0 heterocycles. The van der Waals surface area contributed by atoms with Crippen molar-refractivity contribution in [1.82, 2.24) is 0 Å². The van der Waals surface area contributed by atoms with Gasteiger partial charge in [0.05, 0.1) is 17.0 Å². The highest BCUT2D eigenvalue weighted by Gasteiger charge is 2.27. The van der Waals surface area contributed by atoms with Crippen LogP contribution in [0.3, 0.4) is 0 Å². The van der Waals surface area contributed by atoms with Gasteiger partial charge in [-0.15, -0.1) is 0 Å². The molecule has 0 saturated heterocycles. The van der Waals surface area contributed by atoms with Gasteiger partial charge in [0.1, 0.15) is 0 Å². The van der Waals surface area contributed by atoms with Crippen molar-refractivity contribution in [1.29, 1.82) is 0 Å². The fourth-order valence-corrected chi connectivity index (χ4v) is 5.36. The number of hydrogen-bond donors (Lipinski definition) is 2. The van der Waals surface area contributed by atoms with Crippen LogP contribution in [0.15, 0.2) is 72.8 Å². The summed E-state index contributed by atoms with van der Waals surface area (Å²) >= 11 is 0. The van der Waals surface area contributed by atoms with Gasteiger partial charge < -0.3 is 5.11 Å². The fraction of sp³-hybridized carbons (Fsp3) is 0.174. The number of nitrogens with one attached hydrogen (secondary N) is 1. The van der Waals surface area contributed by atoms with Crippen LogP contribution < -0.4 is 4.72 Å². The first-order chi connectivity index (χ1) is 13.9. The normalized spacial score (nSPS) is 13.8. The molecule has 0 unspecified atom stereocenters. The van der Waals surface area contributed by atoms with Crippen LogP contribution in [0.2, 0.25) is 0 Å². The molecule has 0 radical (unpaired) electrons. The Morgan fingerprint density at radius 1 is 0.897 bits per heavy atom. The summed E-state index contributed by atoms with van der Waals surface area (Å²) in [5.74, 6) is -1.23. The largest absolute Gasteiger partial charge is 0.478 e. The summed E-state index contributed by atoms with van der Waals surface area (Å²) in [6.07, 6.45) is 1.43. The molecule has 0 aromatic heterocycles. The summed E-state index contributed by atoms with van der Waals surface area (Å²) in [7, 11) is -3.70. The Bertz CT molecular complexity index is 1130. The maximum Gasteiger partial charge on any atom is 0.337 e. The summed E-state index contributed by atoms with van der Waals surface area (Å²) in [4.78, 5) is 11.6. The van der Waals surface area contributed by atoms with Gasteiger partial charge in [0, 0.05) is 0 Å². The number of sulfonamides is 1. The minimum absolute atomic E-state index is 0.0181. The molecule has 0 saturated carbocycles. The minimum Gasteiger partial charge on any atom is -0.478 e. The Balaban J connectivity index is 1.58. The summed E-state index contributed by atoms with van der Waals surface area (Å²) in [5.41, 5.74) is 4.03. The van der Waals surface area contributed by atoms with E-state index in [-0.39, 0.29) is 22.9 Å². The molecule has 0 atom stereocenters. The lowest BCUT2D eigenvalue weighted by Crippen LogP contribution is -2.24. The predicted octanol–water partition coefficient (Wildman–Crippen LogP) is 4.21. The third-order valence-corrected chi connectivity index (χ3v) is 6.65. The van der Waals surface area contributed by atoms with Crippen molar-refractivity contribution < 1.29 is 18.3 Å². The molecule has 0 aliphatic heterocycles. The summed E-state index contributed by atoms with van der Waals surface area (Å²) < 4.78 is 28.2. The zero-order valence-corrected chi connectivity index (χ0v) is 16.5. The van der Waals surface area contributed by atoms with Crippen molar-refractivity contribution in [3.05, 3.63) is 89.5 Å². The van der Waals surface area contributed by atoms with Crippen LogP contribution in [-0.4, -0.2) is 25.2 Å². The van der Waals surface area contributed by atoms with Crippen LogP contribution in [0.1, 0.15) is 21.5 Å². The lowest BCUT2D eigenvalue weighted by molar-refractivity contribution is 0.0698. The van der Waals surface area contributed by atoms with Gasteiger partial charge in [0.15, 0.2) is 0 Å². The SMILES string of the molecule is O=C(O)c1ccc(-c2ccccc2)cc1NS(=O)(=O)CC1Cc2ccccc2C1. The quantitative estimate of drug-likeness (QED) is 0.641. The number of aromatic carboxylic acids is 1. The van der Waals surface area contributed by atoms with Crippen LogP contribution in [0.5, 0.6) is 0 Å². The van der Waals surface area contributed by atoms with Crippen LogP contribution in [0, 0.1) is 5.92 Å². The first-order valence-corrected chi connectivity index (χ1v) is 11.1. The average molecular weight is 407 g/mol. The zero-order chi connectivity index (χ0) is 20.4. The lowest BCUT2D eigenvalue weighted by atomic mass is 10.0. The van der Waals surface area contributed by atoms with Crippen LogP contribution in [0.4, 0.5) is 5.69 Å². The molecule has 0 bridgehead atoms. The van der Waals surface area contributed by atoms with E-state index in [2.05, 4.69) is 4.72 Å². The number of carboxylic acids is 1. The van der Waals surface area contributed by atoms with E-state index in [1.165, 1.54) is 17.2 Å². The van der Waals surface area contributed by atoms with Gasteiger partial charge in [0.2, 0.25) is 10.0 Å². The molecule has 148 valence electrons. The van der Waals surface area contributed by atoms with Gasteiger partial charge >= 0.3 is 5.97 Å². The van der Waals surface area contributed by atoms with Gasteiger partial charge in [0.25, 0.3) is 0 Å². The van der Waals surface area contributed by atoms with Gasteiger partial charge in [-0.1, -0.05) is 60.7 Å². The van der Waals surface area contributed by atoms with Crippen molar-refractivity contribution >= 4 is 21.7 Å². The molecule has 3 aromatic rings. The van der Waals surface area contributed by atoms with Gasteiger partial charge in [-0.25, -0.2) is 13.2 Å². The molecule has 6 heteroatoms. The fourth-order valence-electron chi connectivity index (χ4n) is 3.91. The van der Waals surface area contributed by atoms with Crippen molar-refractivity contribution in [3.63, 3.8) is 0 Å².